The topological polar surface area (TPSA) is 45.4 Å². The molecule has 0 saturated heterocycles. The SMILES string of the molecule is CCN=c1scc(-c2ccc(Cl)cc2)n1/N=C/c1c(C)[nH]c2ccccc12. The van der Waals surface area contributed by atoms with Crippen molar-refractivity contribution in [3.8, 4) is 11.3 Å². The number of aromatic nitrogens is 2. The van der Waals surface area contributed by atoms with E-state index in [9.17, 15) is 0 Å². The van der Waals surface area contributed by atoms with Crippen LogP contribution in [0.1, 0.15) is 18.2 Å². The first-order valence-corrected chi connectivity index (χ1v) is 10.0. The van der Waals surface area contributed by atoms with Crippen molar-refractivity contribution in [1.82, 2.24) is 9.66 Å². The predicted molar refractivity (Wildman–Crippen MR) is 115 cm³/mol. The van der Waals surface area contributed by atoms with Crippen molar-refractivity contribution < 1.29 is 0 Å². The highest BCUT2D eigenvalue weighted by atomic mass is 35.5. The molecule has 4 aromatic rings. The summed E-state index contributed by atoms with van der Waals surface area (Å²) in [6, 6.07) is 16.0. The minimum atomic E-state index is 0.711. The van der Waals surface area contributed by atoms with Crippen LogP contribution in [0.5, 0.6) is 0 Å². The largest absolute Gasteiger partial charge is 0.358 e. The lowest BCUT2D eigenvalue weighted by Crippen LogP contribution is -2.12. The van der Waals surface area contributed by atoms with Gasteiger partial charge in [0.1, 0.15) is 0 Å². The number of halogens is 1. The van der Waals surface area contributed by atoms with Gasteiger partial charge in [0.2, 0.25) is 4.80 Å². The van der Waals surface area contributed by atoms with Gasteiger partial charge in [-0.3, -0.25) is 4.99 Å². The van der Waals surface area contributed by atoms with Gasteiger partial charge < -0.3 is 4.98 Å². The maximum absolute atomic E-state index is 6.04. The molecule has 2 aromatic carbocycles. The second-order valence-corrected chi connectivity index (χ2v) is 7.42. The molecule has 4 rings (SSSR count). The molecule has 0 aliphatic rings. The van der Waals surface area contributed by atoms with Crippen molar-refractivity contribution in [2.24, 2.45) is 10.1 Å². The number of H-pyrrole nitrogens is 1. The lowest BCUT2D eigenvalue weighted by molar-refractivity contribution is 0.833. The quantitative estimate of drug-likeness (QED) is 0.446. The van der Waals surface area contributed by atoms with Gasteiger partial charge in [0, 0.05) is 44.7 Å². The fourth-order valence-electron chi connectivity index (χ4n) is 3.05. The highest BCUT2D eigenvalue weighted by Gasteiger charge is 2.09. The van der Waals surface area contributed by atoms with Crippen molar-refractivity contribution >= 4 is 40.1 Å². The second kappa shape index (κ2) is 7.55. The summed E-state index contributed by atoms with van der Waals surface area (Å²) < 4.78 is 1.90. The Balaban J connectivity index is 1.84. The fourth-order valence-corrected chi connectivity index (χ4v) is 4.08. The van der Waals surface area contributed by atoms with Crippen LogP contribution in [0, 0.1) is 6.92 Å². The number of hydrogen-bond acceptors (Lipinski definition) is 3. The zero-order chi connectivity index (χ0) is 18.8. The zero-order valence-corrected chi connectivity index (χ0v) is 16.7. The van der Waals surface area contributed by atoms with E-state index in [4.69, 9.17) is 16.7 Å². The first kappa shape index (κ1) is 17.8. The van der Waals surface area contributed by atoms with Gasteiger partial charge in [-0.25, -0.2) is 4.68 Å². The van der Waals surface area contributed by atoms with Gasteiger partial charge in [-0.05, 0) is 32.0 Å². The smallest absolute Gasteiger partial charge is 0.206 e. The lowest BCUT2D eigenvalue weighted by atomic mass is 10.1. The van der Waals surface area contributed by atoms with Crippen LogP contribution >= 0.6 is 22.9 Å². The Hall–Kier alpha value is -2.63. The third kappa shape index (κ3) is 3.48. The van der Waals surface area contributed by atoms with E-state index < -0.39 is 0 Å². The van der Waals surface area contributed by atoms with Gasteiger partial charge in [0.15, 0.2) is 0 Å². The molecule has 0 fully saturated rings. The Morgan fingerprint density at radius 1 is 1.15 bits per heavy atom. The molecule has 0 saturated carbocycles. The number of benzene rings is 2. The number of thiazole rings is 1. The summed E-state index contributed by atoms with van der Waals surface area (Å²) in [7, 11) is 0. The predicted octanol–water partition coefficient (Wildman–Crippen LogP) is 5.46. The van der Waals surface area contributed by atoms with Crippen LogP contribution in [0.4, 0.5) is 0 Å². The van der Waals surface area contributed by atoms with Crippen molar-refractivity contribution in [2.75, 3.05) is 6.54 Å². The summed E-state index contributed by atoms with van der Waals surface area (Å²) >= 11 is 7.63. The van der Waals surface area contributed by atoms with Crippen LogP contribution in [0.15, 0.2) is 64.0 Å². The van der Waals surface area contributed by atoms with Gasteiger partial charge >= 0.3 is 0 Å². The summed E-state index contributed by atoms with van der Waals surface area (Å²) in [5, 5.41) is 8.76. The van der Waals surface area contributed by atoms with Crippen LogP contribution < -0.4 is 4.80 Å². The number of rotatable bonds is 4. The molecular formula is C21H19ClN4S. The average molecular weight is 395 g/mol. The standard InChI is InChI=1S/C21H19ClN4S/c1-3-23-21-26(20(13-27-21)15-8-10-16(22)11-9-15)24-12-18-14(2)25-19-7-5-4-6-17(18)19/h4-13,25H,3H2,1-2H3/b23-21?,24-12+. The number of aryl methyl sites for hydroxylation is 1. The molecule has 0 bridgehead atoms. The summed E-state index contributed by atoms with van der Waals surface area (Å²) in [5.74, 6) is 0. The van der Waals surface area contributed by atoms with Crippen molar-refractivity contribution in [2.45, 2.75) is 13.8 Å². The molecular weight excluding hydrogens is 376 g/mol. The van der Waals surface area contributed by atoms with Crippen LogP contribution in [-0.2, 0) is 0 Å². The van der Waals surface area contributed by atoms with E-state index in [1.165, 1.54) is 0 Å². The van der Waals surface area contributed by atoms with Gasteiger partial charge in [-0.2, -0.15) is 5.10 Å². The van der Waals surface area contributed by atoms with E-state index in [0.29, 0.717) is 6.54 Å². The molecule has 0 aliphatic heterocycles. The second-order valence-electron chi connectivity index (χ2n) is 6.15. The third-order valence-corrected chi connectivity index (χ3v) is 5.47. The maximum Gasteiger partial charge on any atom is 0.206 e. The molecule has 2 aromatic heterocycles. The molecule has 0 radical (unpaired) electrons. The summed E-state index contributed by atoms with van der Waals surface area (Å²) in [4.78, 5) is 8.87. The van der Waals surface area contributed by atoms with E-state index >= 15 is 0 Å². The Bertz CT molecular complexity index is 1180. The number of fused-ring (bicyclic) bond motifs is 1. The number of nitrogens with one attached hydrogen (secondary N) is 1. The lowest BCUT2D eigenvalue weighted by Gasteiger charge is -2.04. The van der Waals surface area contributed by atoms with Crippen molar-refractivity contribution in [1.29, 1.82) is 0 Å². The molecule has 1 N–H and O–H groups in total. The van der Waals surface area contributed by atoms with E-state index in [0.717, 1.165) is 43.2 Å². The molecule has 6 heteroatoms. The first-order chi connectivity index (χ1) is 13.2. The van der Waals surface area contributed by atoms with Crippen LogP contribution in [-0.4, -0.2) is 22.4 Å². The highest BCUT2D eigenvalue weighted by molar-refractivity contribution is 7.07. The normalized spacial score (nSPS) is 12.5. The molecule has 0 atom stereocenters. The number of aromatic amines is 1. The monoisotopic (exact) mass is 394 g/mol. The van der Waals surface area contributed by atoms with Crippen LogP contribution in [0.25, 0.3) is 22.2 Å². The minimum absolute atomic E-state index is 0.711. The molecule has 0 spiro atoms. The summed E-state index contributed by atoms with van der Waals surface area (Å²) in [6.07, 6.45) is 1.91. The molecule has 2 heterocycles. The van der Waals surface area contributed by atoms with Gasteiger partial charge in [0.05, 0.1) is 11.9 Å². The maximum atomic E-state index is 6.04. The first-order valence-electron chi connectivity index (χ1n) is 8.76. The molecule has 27 heavy (non-hydrogen) atoms. The zero-order valence-electron chi connectivity index (χ0n) is 15.1. The van der Waals surface area contributed by atoms with Gasteiger partial charge in [-0.15, -0.1) is 11.3 Å². The van der Waals surface area contributed by atoms with E-state index in [2.05, 4.69) is 34.4 Å². The Morgan fingerprint density at radius 2 is 1.93 bits per heavy atom. The third-order valence-electron chi connectivity index (χ3n) is 4.36. The van der Waals surface area contributed by atoms with E-state index in [1.807, 2.05) is 54.2 Å². The van der Waals surface area contributed by atoms with E-state index in [1.54, 1.807) is 11.3 Å². The summed E-state index contributed by atoms with van der Waals surface area (Å²) in [5.41, 5.74) is 5.35. The van der Waals surface area contributed by atoms with E-state index in [-0.39, 0.29) is 0 Å². The van der Waals surface area contributed by atoms with Crippen LogP contribution in [0.3, 0.4) is 0 Å². The number of para-hydroxylation sites is 1. The summed E-state index contributed by atoms with van der Waals surface area (Å²) in [6.45, 7) is 4.80. The molecule has 4 nitrogen and oxygen atoms in total. The molecule has 0 unspecified atom stereocenters. The molecule has 0 amide bonds. The number of nitrogens with zero attached hydrogens (tertiary/aromatic N) is 3. The van der Waals surface area contributed by atoms with Crippen LogP contribution in [0.2, 0.25) is 5.02 Å². The van der Waals surface area contributed by atoms with Crippen molar-refractivity contribution in [3.05, 3.63) is 75.0 Å². The van der Waals surface area contributed by atoms with Crippen molar-refractivity contribution in [3.63, 3.8) is 0 Å². The average Bonchev–Trinajstić information content (AvgIpc) is 3.21. The highest BCUT2D eigenvalue weighted by Crippen LogP contribution is 2.23. The molecule has 136 valence electrons. The molecule has 0 aliphatic carbocycles. The fraction of sp³-hybridized carbons (Fsp3) is 0.143. The Labute approximate surface area is 166 Å². The van der Waals surface area contributed by atoms with Gasteiger partial charge in [-0.1, -0.05) is 41.9 Å². The minimum Gasteiger partial charge on any atom is -0.358 e. The number of hydrogen-bond donors (Lipinski definition) is 1. The van der Waals surface area contributed by atoms with Gasteiger partial charge in [0.25, 0.3) is 0 Å². The Kier molecular flexibility index (Phi) is 4.97. The Morgan fingerprint density at radius 3 is 2.70 bits per heavy atom.